The molecule has 0 aliphatic rings. The molecule has 0 aromatic heterocycles. The Labute approximate surface area is 138 Å². The zero-order valence-corrected chi connectivity index (χ0v) is 12.9. The van der Waals surface area contributed by atoms with Crippen molar-refractivity contribution in [1.29, 1.82) is 5.26 Å². The van der Waals surface area contributed by atoms with Gasteiger partial charge in [0.15, 0.2) is 0 Å². The molecule has 6 heteroatoms. The average Bonchev–Trinajstić information content (AvgIpc) is 2.56. The van der Waals surface area contributed by atoms with Crippen molar-refractivity contribution in [2.45, 2.75) is 12.5 Å². The maximum Gasteiger partial charge on any atom is 0.251 e. The van der Waals surface area contributed by atoms with Crippen LogP contribution in [-0.2, 0) is 11.2 Å². The second-order valence-corrected chi connectivity index (χ2v) is 5.32. The van der Waals surface area contributed by atoms with Gasteiger partial charge >= 0.3 is 0 Å². The fourth-order valence-electron chi connectivity index (χ4n) is 2.04. The number of amides is 2. The van der Waals surface area contributed by atoms with Crippen molar-refractivity contribution in [1.82, 2.24) is 5.32 Å². The fraction of sp³-hybridized carbons (Fsp3) is 0.118. The van der Waals surface area contributed by atoms with E-state index in [0.717, 1.165) is 5.56 Å². The molecule has 0 heterocycles. The summed E-state index contributed by atoms with van der Waals surface area (Å²) in [7, 11) is 0. The van der Waals surface area contributed by atoms with Gasteiger partial charge in [0.05, 0.1) is 11.6 Å². The molecule has 116 valence electrons. The molecular weight excluding hydrogens is 314 g/mol. The van der Waals surface area contributed by atoms with E-state index in [1.165, 1.54) is 24.3 Å². The van der Waals surface area contributed by atoms with Crippen molar-refractivity contribution in [2.75, 3.05) is 0 Å². The highest BCUT2D eigenvalue weighted by Gasteiger charge is 2.20. The van der Waals surface area contributed by atoms with Crippen molar-refractivity contribution in [3.05, 3.63) is 70.2 Å². The van der Waals surface area contributed by atoms with Gasteiger partial charge in [-0.15, -0.1) is 0 Å². The molecule has 1 atom stereocenters. The number of halogens is 1. The highest BCUT2D eigenvalue weighted by Crippen LogP contribution is 2.17. The first kappa shape index (κ1) is 16.5. The Hall–Kier alpha value is -2.84. The lowest BCUT2D eigenvalue weighted by Gasteiger charge is -2.16. The molecule has 0 bridgehead atoms. The molecule has 0 aliphatic carbocycles. The average molecular weight is 328 g/mol. The summed E-state index contributed by atoms with van der Waals surface area (Å²) in [6, 6.07) is 14.2. The maximum atomic E-state index is 12.2. The first-order valence-electron chi connectivity index (χ1n) is 6.85. The number of hydrogen-bond donors (Lipinski definition) is 2. The molecule has 0 radical (unpaired) electrons. The number of rotatable bonds is 5. The van der Waals surface area contributed by atoms with E-state index in [9.17, 15) is 9.59 Å². The number of carbonyl (C=O) groups is 2. The summed E-state index contributed by atoms with van der Waals surface area (Å²) >= 11 is 6.06. The second-order valence-electron chi connectivity index (χ2n) is 4.91. The van der Waals surface area contributed by atoms with Crippen molar-refractivity contribution >= 4 is 23.4 Å². The topological polar surface area (TPSA) is 96.0 Å². The van der Waals surface area contributed by atoms with Crippen LogP contribution in [0.15, 0.2) is 48.5 Å². The molecule has 0 saturated heterocycles. The van der Waals surface area contributed by atoms with E-state index in [0.29, 0.717) is 16.1 Å². The Morgan fingerprint density at radius 1 is 1.17 bits per heavy atom. The third-order valence-electron chi connectivity index (χ3n) is 3.31. The van der Waals surface area contributed by atoms with Gasteiger partial charge in [-0.3, -0.25) is 9.59 Å². The molecule has 0 unspecified atom stereocenters. The summed E-state index contributed by atoms with van der Waals surface area (Å²) in [5, 5.41) is 11.8. The van der Waals surface area contributed by atoms with Crippen LogP contribution in [0.5, 0.6) is 0 Å². The third kappa shape index (κ3) is 4.31. The number of nitriles is 1. The number of hydrogen-bond acceptors (Lipinski definition) is 3. The summed E-state index contributed by atoms with van der Waals surface area (Å²) in [5.41, 5.74) is 6.88. The van der Waals surface area contributed by atoms with Gasteiger partial charge in [-0.25, -0.2) is 0 Å². The Morgan fingerprint density at radius 2 is 1.83 bits per heavy atom. The normalized spacial score (nSPS) is 11.3. The lowest BCUT2D eigenvalue weighted by Crippen LogP contribution is -2.45. The number of primary amides is 1. The van der Waals surface area contributed by atoms with Crippen LogP contribution in [0.4, 0.5) is 0 Å². The molecule has 0 saturated carbocycles. The zero-order chi connectivity index (χ0) is 16.8. The van der Waals surface area contributed by atoms with Crippen molar-refractivity contribution < 1.29 is 9.59 Å². The highest BCUT2D eigenvalue weighted by atomic mass is 35.5. The van der Waals surface area contributed by atoms with Gasteiger partial charge in [0.1, 0.15) is 6.04 Å². The molecule has 2 rings (SSSR count). The predicted molar refractivity (Wildman–Crippen MR) is 86.8 cm³/mol. The second kappa shape index (κ2) is 7.43. The van der Waals surface area contributed by atoms with Crippen molar-refractivity contribution in [3.63, 3.8) is 0 Å². The van der Waals surface area contributed by atoms with Gasteiger partial charge in [-0.1, -0.05) is 29.8 Å². The molecule has 2 amide bonds. The molecule has 23 heavy (non-hydrogen) atoms. The van der Waals surface area contributed by atoms with E-state index in [1.807, 2.05) is 6.07 Å². The standard InChI is InChI=1S/C17H14ClN3O2/c18-14-4-2-1-3-13(14)9-15(16(20)22)21-17(23)12-7-5-11(10-19)6-8-12/h1-8,15H,9H2,(H2,20,22)(H,21,23)/t15-/m0/s1. The van der Waals surface area contributed by atoms with Gasteiger partial charge in [0.2, 0.25) is 5.91 Å². The monoisotopic (exact) mass is 327 g/mol. The van der Waals surface area contributed by atoms with E-state index >= 15 is 0 Å². The zero-order valence-electron chi connectivity index (χ0n) is 12.1. The minimum absolute atomic E-state index is 0.205. The van der Waals surface area contributed by atoms with Crippen LogP contribution in [0, 0.1) is 11.3 Å². The Kier molecular flexibility index (Phi) is 5.34. The van der Waals surface area contributed by atoms with Crippen LogP contribution in [0.25, 0.3) is 0 Å². The quantitative estimate of drug-likeness (QED) is 0.879. The van der Waals surface area contributed by atoms with Crippen LogP contribution in [0.1, 0.15) is 21.5 Å². The Balaban J connectivity index is 2.13. The molecule has 0 spiro atoms. The van der Waals surface area contributed by atoms with Crippen LogP contribution in [-0.4, -0.2) is 17.9 Å². The van der Waals surface area contributed by atoms with E-state index in [1.54, 1.807) is 24.3 Å². The summed E-state index contributed by atoms with van der Waals surface area (Å²) in [5.74, 6) is -1.09. The van der Waals surface area contributed by atoms with Crippen molar-refractivity contribution in [3.8, 4) is 6.07 Å². The molecule has 0 aliphatic heterocycles. The highest BCUT2D eigenvalue weighted by molar-refractivity contribution is 6.31. The van der Waals surface area contributed by atoms with Gasteiger partial charge in [0.25, 0.3) is 5.91 Å². The van der Waals surface area contributed by atoms with E-state index in [4.69, 9.17) is 22.6 Å². The number of nitrogens with two attached hydrogens (primary N) is 1. The van der Waals surface area contributed by atoms with Gasteiger partial charge in [0, 0.05) is 17.0 Å². The largest absolute Gasteiger partial charge is 0.368 e. The van der Waals surface area contributed by atoms with Crippen LogP contribution >= 0.6 is 11.6 Å². The maximum absolute atomic E-state index is 12.2. The van der Waals surface area contributed by atoms with Gasteiger partial charge < -0.3 is 11.1 Å². The lowest BCUT2D eigenvalue weighted by atomic mass is 10.0. The third-order valence-corrected chi connectivity index (χ3v) is 3.68. The fourth-order valence-corrected chi connectivity index (χ4v) is 2.26. The van der Waals surface area contributed by atoms with E-state index < -0.39 is 17.9 Å². The molecule has 5 nitrogen and oxygen atoms in total. The first-order valence-corrected chi connectivity index (χ1v) is 7.23. The van der Waals surface area contributed by atoms with Crippen molar-refractivity contribution in [2.24, 2.45) is 5.73 Å². The van der Waals surface area contributed by atoms with Crippen LogP contribution in [0.2, 0.25) is 5.02 Å². The van der Waals surface area contributed by atoms with E-state index in [-0.39, 0.29) is 6.42 Å². The van der Waals surface area contributed by atoms with Crippen LogP contribution < -0.4 is 11.1 Å². The summed E-state index contributed by atoms with van der Waals surface area (Å²) < 4.78 is 0. The predicted octanol–water partition coefficient (Wildman–Crippen LogP) is 2.04. The summed E-state index contributed by atoms with van der Waals surface area (Å²) in [6.07, 6.45) is 0.205. The minimum atomic E-state index is -0.877. The number of benzene rings is 2. The Morgan fingerprint density at radius 3 is 2.39 bits per heavy atom. The number of carbonyl (C=O) groups excluding carboxylic acids is 2. The summed E-state index contributed by atoms with van der Waals surface area (Å²) in [6.45, 7) is 0. The molecule has 2 aromatic carbocycles. The van der Waals surface area contributed by atoms with E-state index in [2.05, 4.69) is 5.32 Å². The minimum Gasteiger partial charge on any atom is -0.368 e. The SMILES string of the molecule is N#Cc1ccc(C(=O)N[C@@H](Cc2ccccc2Cl)C(N)=O)cc1. The van der Waals surface area contributed by atoms with Gasteiger partial charge in [-0.2, -0.15) is 5.26 Å². The molecule has 2 aromatic rings. The van der Waals surface area contributed by atoms with Crippen LogP contribution in [0.3, 0.4) is 0 Å². The summed E-state index contributed by atoms with van der Waals surface area (Å²) in [4.78, 5) is 23.8. The smallest absolute Gasteiger partial charge is 0.251 e. The first-order chi connectivity index (χ1) is 11.0. The molecule has 0 fully saturated rings. The lowest BCUT2D eigenvalue weighted by molar-refractivity contribution is -0.119. The number of nitrogens with zero attached hydrogens (tertiary/aromatic N) is 1. The Bertz CT molecular complexity index is 766. The van der Waals surface area contributed by atoms with Gasteiger partial charge in [-0.05, 0) is 35.9 Å². The molecular formula is C17H14ClN3O2. The molecule has 3 N–H and O–H groups in total. The number of nitrogens with one attached hydrogen (secondary N) is 1.